The summed E-state index contributed by atoms with van der Waals surface area (Å²) < 4.78 is 5.49. The zero-order valence-electron chi connectivity index (χ0n) is 10.6. The summed E-state index contributed by atoms with van der Waals surface area (Å²) in [5, 5.41) is 4.51. The predicted molar refractivity (Wildman–Crippen MR) is 77.9 cm³/mol. The van der Waals surface area contributed by atoms with Crippen molar-refractivity contribution in [3.8, 4) is 0 Å². The fraction of sp³-hybridized carbons (Fsp3) is 0.125. The Balaban J connectivity index is 1.74. The van der Waals surface area contributed by atoms with Gasteiger partial charge in [0, 0.05) is 18.5 Å². The molecule has 0 atom stereocenters. The Bertz CT molecular complexity index is 671. The van der Waals surface area contributed by atoms with Crippen molar-refractivity contribution < 1.29 is 4.42 Å². The highest BCUT2D eigenvalue weighted by Crippen LogP contribution is 2.25. The van der Waals surface area contributed by atoms with Gasteiger partial charge >= 0.3 is 0 Å². The maximum atomic E-state index is 5.59. The van der Waals surface area contributed by atoms with Gasteiger partial charge in [-0.2, -0.15) is 0 Å². The van der Waals surface area contributed by atoms with Crippen molar-refractivity contribution in [2.45, 2.75) is 13.1 Å². The molecule has 0 aliphatic heterocycles. The topological polar surface area (TPSA) is 51.2 Å². The Morgan fingerprint density at radius 1 is 0.947 bits per heavy atom. The fourth-order valence-electron chi connectivity index (χ4n) is 2.11. The maximum Gasteiger partial charge on any atom is 0.136 e. The van der Waals surface area contributed by atoms with E-state index in [2.05, 4.69) is 35.6 Å². The molecular weight excluding hydrogens is 236 g/mol. The van der Waals surface area contributed by atoms with Crippen LogP contribution in [0.1, 0.15) is 11.1 Å². The molecule has 0 fully saturated rings. The number of rotatable bonds is 4. The number of fused-ring (bicyclic) bond motifs is 1. The third-order valence-electron chi connectivity index (χ3n) is 3.22. The maximum absolute atomic E-state index is 5.59. The van der Waals surface area contributed by atoms with Gasteiger partial charge in [0.05, 0.1) is 5.69 Å². The molecule has 0 saturated carbocycles. The second kappa shape index (κ2) is 5.16. The number of nitrogens with one attached hydrogen (secondary N) is 1. The largest absolute Gasteiger partial charge is 0.462 e. The summed E-state index contributed by atoms with van der Waals surface area (Å²) in [6.45, 7) is 1.36. The molecule has 3 rings (SSSR count). The van der Waals surface area contributed by atoms with Gasteiger partial charge in [0.15, 0.2) is 0 Å². The van der Waals surface area contributed by atoms with Crippen molar-refractivity contribution in [2.24, 2.45) is 5.73 Å². The molecule has 3 N–H and O–H groups in total. The molecule has 1 heterocycles. The number of para-hydroxylation sites is 1. The number of anilines is 1. The normalized spacial score (nSPS) is 10.8. The molecule has 1 aromatic heterocycles. The number of hydrogen-bond donors (Lipinski definition) is 2. The van der Waals surface area contributed by atoms with E-state index in [9.17, 15) is 0 Å². The third-order valence-corrected chi connectivity index (χ3v) is 3.22. The van der Waals surface area contributed by atoms with Gasteiger partial charge in [-0.15, -0.1) is 0 Å². The highest BCUT2D eigenvalue weighted by molar-refractivity contribution is 5.90. The summed E-state index contributed by atoms with van der Waals surface area (Å²) in [7, 11) is 0. The van der Waals surface area contributed by atoms with Gasteiger partial charge in [-0.1, -0.05) is 36.4 Å². The molecule has 0 spiro atoms. The summed E-state index contributed by atoms with van der Waals surface area (Å²) in [4.78, 5) is 0. The lowest BCUT2D eigenvalue weighted by molar-refractivity contribution is 0.616. The second-order valence-corrected chi connectivity index (χ2v) is 4.52. The van der Waals surface area contributed by atoms with Crippen molar-refractivity contribution in [2.75, 3.05) is 5.32 Å². The van der Waals surface area contributed by atoms with Gasteiger partial charge < -0.3 is 15.5 Å². The molecule has 0 aliphatic rings. The van der Waals surface area contributed by atoms with Crippen molar-refractivity contribution in [1.29, 1.82) is 0 Å². The molecule has 0 unspecified atom stereocenters. The molecule has 0 radical (unpaired) electrons. The first-order valence-corrected chi connectivity index (χ1v) is 6.35. The van der Waals surface area contributed by atoms with Crippen LogP contribution >= 0.6 is 0 Å². The molecule has 0 saturated heterocycles. The van der Waals surface area contributed by atoms with Crippen molar-refractivity contribution in [1.82, 2.24) is 0 Å². The first-order valence-electron chi connectivity index (χ1n) is 6.35. The molecule has 19 heavy (non-hydrogen) atoms. The highest BCUT2D eigenvalue weighted by atomic mass is 16.3. The standard InChI is InChI=1S/C16H16N2O/c17-9-12-5-7-13(8-6-12)10-18-15-11-19-16-4-2-1-3-14(15)16/h1-8,11,18H,9-10,17H2. The predicted octanol–water partition coefficient (Wildman–Crippen LogP) is 3.50. The Morgan fingerprint density at radius 3 is 2.47 bits per heavy atom. The highest BCUT2D eigenvalue weighted by Gasteiger charge is 2.04. The summed E-state index contributed by atoms with van der Waals surface area (Å²) in [6, 6.07) is 16.3. The SMILES string of the molecule is NCc1ccc(CNc2coc3ccccc23)cc1. The third kappa shape index (κ3) is 2.46. The van der Waals surface area contributed by atoms with E-state index in [1.54, 1.807) is 6.26 Å². The minimum absolute atomic E-state index is 0.583. The number of nitrogens with two attached hydrogens (primary N) is 1. The average molecular weight is 252 g/mol. The van der Waals surface area contributed by atoms with Crippen LogP contribution in [-0.2, 0) is 13.1 Å². The minimum atomic E-state index is 0.583. The van der Waals surface area contributed by atoms with Crippen LogP contribution < -0.4 is 11.1 Å². The van der Waals surface area contributed by atoms with Crippen LogP contribution in [0.3, 0.4) is 0 Å². The van der Waals surface area contributed by atoms with Crippen LogP contribution in [0.2, 0.25) is 0 Å². The van der Waals surface area contributed by atoms with E-state index in [1.165, 1.54) is 5.56 Å². The van der Waals surface area contributed by atoms with Crippen LogP contribution in [-0.4, -0.2) is 0 Å². The zero-order valence-corrected chi connectivity index (χ0v) is 10.6. The van der Waals surface area contributed by atoms with E-state index < -0.39 is 0 Å². The van der Waals surface area contributed by atoms with E-state index in [0.29, 0.717) is 6.54 Å². The van der Waals surface area contributed by atoms with E-state index >= 15 is 0 Å². The van der Waals surface area contributed by atoms with E-state index in [0.717, 1.165) is 28.8 Å². The van der Waals surface area contributed by atoms with Crippen LogP contribution in [0.4, 0.5) is 5.69 Å². The molecule has 3 heteroatoms. The van der Waals surface area contributed by atoms with Crippen molar-refractivity contribution in [3.63, 3.8) is 0 Å². The fourth-order valence-corrected chi connectivity index (χ4v) is 2.11. The summed E-state index contributed by atoms with van der Waals surface area (Å²) >= 11 is 0. The molecule has 0 bridgehead atoms. The molecule has 0 amide bonds. The summed E-state index contributed by atoms with van der Waals surface area (Å²) in [5.74, 6) is 0. The monoisotopic (exact) mass is 252 g/mol. The minimum Gasteiger partial charge on any atom is -0.462 e. The lowest BCUT2D eigenvalue weighted by Gasteiger charge is -2.05. The van der Waals surface area contributed by atoms with Crippen LogP contribution in [0, 0.1) is 0 Å². The molecular formula is C16H16N2O. The zero-order chi connectivity index (χ0) is 13.1. The summed E-state index contributed by atoms with van der Waals surface area (Å²) in [6.07, 6.45) is 1.76. The first-order chi connectivity index (χ1) is 9.36. The van der Waals surface area contributed by atoms with Crippen molar-refractivity contribution in [3.05, 3.63) is 65.9 Å². The summed E-state index contributed by atoms with van der Waals surface area (Å²) in [5.41, 5.74) is 9.89. The Labute approximate surface area is 112 Å². The van der Waals surface area contributed by atoms with Crippen LogP contribution in [0.15, 0.2) is 59.2 Å². The van der Waals surface area contributed by atoms with E-state index in [1.807, 2.05) is 18.2 Å². The quantitative estimate of drug-likeness (QED) is 0.747. The molecule has 2 aromatic carbocycles. The lowest BCUT2D eigenvalue weighted by Crippen LogP contribution is -2.00. The molecule has 3 aromatic rings. The van der Waals surface area contributed by atoms with Gasteiger partial charge in [0.1, 0.15) is 11.8 Å². The van der Waals surface area contributed by atoms with Gasteiger partial charge in [-0.25, -0.2) is 0 Å². The lowest BCUT2D eigenvalue weighted by atomic mass is 10.1. The molecule has 0 aliphatic carbocycles. The number of benzene rings is 2. The Kier molecular flexibility index (Phi) is 3.21. The van der Waals surface area contributed by atoms with Crippen LogP contribution in [0.25, 0.3) is 11.0 Å². The van der Waals surface area contributed by atoms with Gasteiger partial charge in [-0.3, -0.25) is 0 Å². The smallest absolute Gasteiger partial charge is 0.136 e. The average Bonchev–Trinajstić information content (AvgIpc) is 2.89. The second-order valence-electron chi connectivity index (χ2n) is 4.52. The Hall–Kier alpha value is -2.26. The van der Waals surface area contributed by atoms with Gasteiger partial charge in [-0.05, 0) is 23.3 Å². The first kappa shape index (κ1) is 11.8. The number of furan rings is 1. The van der Waals surface area contributed by atoms with E-state index in [-0.39, 0.29) is 0 Å². The van der Waals surface area contributed by atoms with Gasteiger partial charge in [0.2, 0.25) is 0 Å². The molecule has 96 valence electrons. The molecule has 3 nitrogen and oxygen atoms in total. The van der Waals surface area contributed by atoms with Gasteiger partial charge in [0.25, 0.3) is 0 Å². The number of hydrogen-bond acceptors (Lipinski definition) is 3. The van der Waals surface area contributed by atoms with E-state index in [4.69, 9.17) is 10.2 Å². The van der Waals surface area contributed by atoms with Crippen LogP contribution in [0.5, 0.6) is 0 Å². The Morgan fingerprint density at radius 2 is 1.68 bits per heavy atom. The van der Waals surface area contributed by atoms with Crippen molar-refractivity contribution >= 4 is 16.7 Å².